The van der Waals surface area contributed by atoms with E-state index in [1.54, 1.807) is 31.2 Å². The number of hydrogen-bond donors (Lipinski definition) is 2. The summed E-state index contributed by atoms with van der Waals surface area (Å²) in [5, 5.41) is 6.61. The Morgan fingerprint density at radius 1 is 1.40 bits per heavy atom. The van der Waals surface area contributed by atoms with E-state index in [2.05, 4.69) is 15.2 Å². The summed E-state index contributed by atoms with van der Waals surface area (Å²) in [6.45, 7) is 1.90. The highest BCUT2D eigenvalue weighted by Crippen LogP contribution is 2.13. The zero-order chi connectivity index (χ0) is 14.8. The third-order valence-corrected chi connectivity index (χ3v) is 4.56. The molecular formula is C12H17N5O2S. The van der Waals surface area contributed by atoms with E-state index >= 15 is 0 Å². The molecule has 0 fully saturated rings. The molecule has 0 amide bonds. The fourth-order valence-corrected chi connectivity index (χ4v) is 2.89. The third kappa shape index (κ3) is 3.55. The van der Waals surface area contributed by atoms with Gasteiger partial charge in [0.05, 0.1) is 12.3 Å². The number of anilines is 1. The van der Waals surface area contributed by atoms with Crippen molar-refractivity contribution in [2.24, 2.45) is 0 Å². The average Bonchev–Trinajstić information content (AvgIpc) is 2.74. The lowest BCUT2D eigenvalue weighted by molar-refractivity contribution is 0.456. The fraction of sp³-hybridized carbons (Fsp3) is 0.333. The average molecular weight is 295 g/mol. The Bertz CT molecular complexity index is 695. The molecule has 0 aliphatic heterocycles. The van der Waals surface area contributed by atoms with E-state index in [1.165, 1.54) is 11.4 Å². The van der Waals surface area contributed by atoms with Crippen molar-refractivity contribution in [3.05, 3.63) is 41.5 Å². The molecule has 7 nitrogen and oxygen atoms in total. The summed E-state index contributed by atoms with van der Waals surface area (Å²) >= 11 is 0. The molecule has 108 valence electrons. The normalized spacial score (nSPS) is 11.9. The first kappa shape index (κ1) is 14.5. The number of nitrogens with zero attached hydrogens (tertiary/aromatic N) is 3. The van der Waals surface area contributed by atoms with E-state index in [4.69, 9.17) is 5.73 Å². The van der Waals surface area contributed by atoms with Gasteiger partial charge in [0.25, 0.3) is 0 Å². The van der Waals surface area contributed by atoms with E-state index in [0.29, 0.717) is 22.9 Å². The van der Waals surface area contributed by atoms with Gasteiger partial charge in [-0.15, -0.1) is 0 Å². The van der Waals surface area contributed by atoms with Crippen LogP contribution >= 0.6 is 0 Å². The van der Waals surface area contributed by atoms with Crippen LogP contribution in [-0.4, -0.2) is 35.0 Å². The Hall–Kier alpha value is -1.93. The number of nitrogens with two attached hydrogens (primary N) is 1. The number of aromatic nitrogens is 3. The molecule has 0 atom stereocenters. The van der Waals surface area contributed by atoms with E-state index in [-0.39, 0.29) is 12.3 Å². The minimum absolute atomic E-state index is 0.0993. The van der Waals surface area contributed by atoms with Gasteiger partial charge in [-0.3, -0.25) is 5.10 Å². The van der Waals surface area contributed by atoms with Crippen LogP contribution in [0, 0.1) is 6.92 Å². The number of nitrogens with one attached hydrogen (secondary N) is 1. The SMILES string of the molecule is Cc1nc(CN(C)S(=O)(=O)Cc2cccc(N)c2)n[nH]1. The zero-order valence-electron chi connectivity index (χ0n) is 11.4. The molecule has 1 heterocycles. The van der Waals surface area contributed by atoms with Crippen LogP contribution in [0.15, 0.2) is 24.3 Å². The van der Waals surface area contributed by atoms with Gasteiger partial charge in [0.2, 0.25) is 10.0 Å². The molecular weight excluding hydrogens is 278 g/mol. The first-order valence-corrected chi connectivity index (χ1v) is 7.64. The maximum Gasteiger partial charge on any atom is 0.218 e. The van der Waals surface area contributed by atoms with Crippen LogP contribution < -0.4 is 5.73 Å². The number of H-pyrrole nitrogens is 1. The molecule has 1 aromatic heterocycles. The van der Waals surface area contributed by atoms with Crippen LogP contribution in [0.4, 0.5) is 5.69 Å². The minimum Gasteiger partial charge on any atom is -0.399 e. The quantitative estimate of drug-likeness (QED) is 0.788. The molecule has 0 aliphatic rings. The number of aryl methyl sites for hydroxylation is 1. The molecule has 8 heteroatoms. The molecule has 0 saturated carbocycles. The Balaban J connectivity index is 2.09. The Morgan fingerprint density at radius 2 is 2.15 bits per heavy atom. The summed E-state index contributed by atoms with van der Waals surface area (Å²) in [6.07, 6.45) is 0. The lowest BCUT2D eigenvalue weighted by Crippen LogP contribution is -2.28. The van der Waals surface area contributed by atoms with E-state index in [9.17, 15) is 8.42 Å². The van der Waals surface area contributed by atoms with Crippen LogP contribution in [0.25, 0.3) is 0 Å². The van der Waals surface area contributed by atoms with Crippen molar-refractivity contribution in [2.75, 3.05) is 12.8 Å². The Kier molecular flexibility index (Phi) is 4.05. The standard InChI is InChI=1S/C12H17N5O2S/c1-9-14-12(16-15-9)7-17(2)20(18,19)8-10-4-3-5-11(13)6-10/h3-6H,7-8,13H2,1-2H3,(H,14,15,16). The minimum atomic E-state index is -3.44. The van der Waals surface area contributed by atoms with Gasteiger partial charge >= 0.3 is 0 Å². The van der Waals surface area contributed by atoms with Gasteiger partial charge in [-0.1, -0.05) is 12.1 Å². The van der Waals surface area contributed by atoms with Crippen molar-refractivity contribution in [3.63, 3.8) is 0 Å². The number of hydrogen-bond acceptors (Lipinski definition) is 5. The molecule has 3 N–H and O–H groups in total. The number of rotatable bonds is 5. The molecule has 1 aromatic carbocycles. The third-order valence-electron chi connectivity index (χ3n) is 2.78. The maximum absolute atomic E-state index is 12.2. The lowest BCUT2D eigenvalue weighted by atomic mass is 10.2. The number of nitrogen functional groups attached to an aromatic ring is 1. The molecule has 0 aliphatic carbocycles. The smallest absolute Gasteiger partial charge is 0.218 e. The number of aromatic amines is 1. The molecule has 0 saturated heterocycles. The summed E-state index contributed by atoms with van der Waals surface area (Å²) in [4.78, 5) is 4.09. The molecule has 0 radical (unpaired) electrons. The first-order chi connectivity index (χ1) is 9.37. The maximum atomic E-state index is 12.2. The highest BCUT2D eigenvalue weighted by atomic mass is 32.2. The number of benzene rings is 1. The van der Waals surface area contributed by atoms with Gasteiger partial charge in [-0.25, -0.2) is 13.4 Å². The van der Waals surface area contributed by atoms with Gasteiger partial charge in [0, 0.05) is 12.7 Å². The fourth-order valence-electron chi connectivity index (χ4n) is 1.76. The van der Waals surface area contributed by atoms with Gasteiger partial charge in [-0.05, 0) is 24.6 Å². The van der Waals surface area contributed by atoms with Gasteiger partial charge < -0.3 is 5.73 Å². The second kappa shape index (κ2) is 5.59. The van der Waals surface area contributed by atoms with Crippen LogP contribution in [0.3, 0.4) is 0 Å². The van der Waals surface area contributed by atoms with Gasteiger partial charge in [-0.2, -0.15) is 9.40 Å². The molecule has 2 aromatic rings. The van der Waals surface area contributed by atoms with E-state index < -0.39 is 10.0 Å². The predicted molar refractivity (Wildman–Crippen MR) is 76.1 cm³/mol. The lowest BCUT2D eigenvalue weighted by Gasteiger charge is -2.15. The van der Waals surface area contributed by atoms with Crippen molar-refractivity contribution in [1.82, 2.24) is 19.5 Å². The topological polar surface area (TPSA) is 105 Å². The second-order valence-corrected chi connectivity index (χ2v) is 6.67. The van der Waals surface area contributed by atoms with Crippen molar-refractivity contribution < 1.29 is 8.42 Å². The Labute approximate surface area is 117 Å². The van der Waals surface area contributed by atoms with Crippen LogP contribution in [0.5, 0.6) is 0 Å². The summed E-state index contributed by atoms with van der Waals surface area (Å²) in [5.74, 6) is 1.00. The molecule has 0 unspecified atom stereocenters. The summed E-state index contributed by atoms with van der Waals surface area (Å²) in [6, 6.07) is 6.84. The highest BCUT2D eigenvalue weighted by Gasteiger charge is 2.20. The number of sulfonamides is 1. The molecule has 20 heavy (non-hydrogen) atoms. The molecule has 0 spiro atoms. The van der Waals surface area contributed by atoms with Crippen LogP contribution in [0.1, 0.15) is 17.2 Å². The molecule has 0 bridgehead atoms. The largest absolute Gasteiger partial charge is 0.399 e. The van der Waals surface area contributed by atoms with Gasteiger partial charge in [0.1, 0.15) is 5.82 Å². The highest BCUT2D eigenvalue weighted by molar-refractivity contribution is 7.88. The van der Waals surface area contributed by atoms with Crippen molar-refractivity contribution in [1.29, 1.82) is 0 Å². The van der Waals surface area contributed by atoms with Gasteiger partial charge in [0.15, 0.2) is 5.82 Å². The monoisotopic (exact) mass is 295 g/mol. The summed E-state index contributed by atoms with van der Waals surface area (Å²) in [5.41, 5.74) is 6.85. The second-order valence-electron chi connectivity index (χ2n) is 4.59. The van der Waals surface area contributed by atoms with Crippen LogP contribution in [0.2, 0.25) is 0 Å². The van der Waals surface area contributed by atoms with E-state index in [1.807, 2.05) is 0 Å². The summed E-state index contributed by atoms with van der Waals surface area (Å²) < 4.78 is 25.7. The zero-order valence-corrected chi connectivity index (χ0v) is 12.2. The Morgan fingerprint density at radius 3 is 2.75 bits per heavy atom. The van der Waals surface area contributed by atoms with Crippen molar-refractivity contribution >= 4 is 15.7 Å². The molecule has 2 rings (SSSR count). The summed E-state index contributed by atoms with van der Waals surface area (Å²) in [7, 11) is -1.93. The predicted octanol–water partition coefficient (Wildman–Crippen LogP) is 0.657. The van der Waals surface area contributed by atoms with Crippen molar-refractivity contribution in [2.45, 2.75) is 19.2 Å². The first-order valence-electron chi connectivity index (χ1n) is 6.03. The van der Waals surface area contributed by atoms with Crippen molar-refractivity contribution in [3.8, 4) is 0 Å². The van der Waals surface area contributed by atoms with E-state index in [0.717, 1.165) is 0 Å². The van der Waals surface area contributed by atoms with Crippen LogP contribution in [-0.2, 0) is 22.3 Å².